The molecular formula is C9H11N7O2. The van der Waals surface area contributed by atoms with Crippen LogP contribution in [-0.4, -0.2) is 24.4 Å². The van der Waals surface area contributed by atoms with E-state index in [-0.39, 0.29) is 12.4 Å². The van der Waals surface area contributed by atoms with Crippen molar-refractivity contribution in [2.75, 3.05) is 5.43 Å². The van der Waals surface area contributed by atoms with Crippen LogP contribution in [0.25, 0.3) is 0 Å². The summed E-state index contributed by atoms with van der Waals surface area (Å²) in [6, 6.07) is 1.69. The van der Waals surface area contributed by atoms with Crippen molar-refractivity contribution in [3.63, 3.8) is 0 Å². The first-order valence-electron chi connectivity index (χ1n) is 5.06. The molecule has 0 saturated heterocycles. The molecule has 2 heterocycles. The minimum absolute atomic E-state index is 0.208. The van der Waals surface area contributed by atoms with Gasteiger partial charge >= 0.3 is 5.82 Å². The first-order valence-corrected chi connectivity index (χ1v) is 5.06. The molecule has 18 heavy (non-hydrogen) atoms. The third kappa shape index (κ3) is 2.58. The van der Waals surface area contributed by atoms with E-state index in [9.17, 15) is 10.1 Å². The van der Waals surface area contributed by atoms with Crippen molar-refractivity contribution < 1.29 is 4.92 Å². The minimum atomic E-state index is -0.555. The molecule has 9 heteroatoms. The van der Waals surface area contributed by atoms with Crippen LogP contribution in [0.4, 0.5) is 11.6 Å². The molecular weight excluding hydrogens is 238 g/mol. The van der Waals surface area contributed by atoms with Crippen molar-refractivity contribution in [3.05, 3.63) is 40.2 Å². The maximum absolute atomic E-state index is 10.5. The van der Waals surface area contributed by atoms with Crippen molar-refractivity contribution in [1.82, 2.24) is 19.5 Å². The van der Waals surface area contributed by atoms with Crippen LogP contribution in [0, 0.1) is 17.0 Å². The smallest absolute Gasteiger partial charge is 0.358 e. The Morgan fingerprint density at radius 2 is 2.33 bits per heavy atom. The molecule has 0 aromatic carbocycles. The number of hydrogen-bond donors (Lipinski definition) is 2. The van der Waals surface area contributed by atoms with Crippen molar-refractivity contribution in [2.24, 2.45) is 5.84 Å². The summed E-state index contributed by atoms with van der Waals surface area (Å²) in [5, 5.41) is 10.5. The first-order chi connectivity index (χ1) is 8.58. The van der Waals surface area contributed by atoms with Crippen LogP contribution in [-0.2, 0) is 6.54 Å². The Bertz CT molecular complexity index is 580. The van der Waals surface area contributed by atoms with Crippen LogP contribution in [0.15, 0.2) is 18.6 Å². The van der Waals surface area contributed by atoms with Crippen LogP contribution >= 0.6 is 0 Å². The molecule has 2 aromatic rings. The molecule has 0 spiro atoms. The number of anilines is 1. The van der Waals surface area contributed by atoms with Gasteiger partial charge in [-0.15, -0.1) is 0 Å². The molecule has 0 bridgehead atoms. The molecule has 0 saturated carbocycles. The SMILES string of the molecule is Cc1cc(NN)nc(Cn2cnc([N+](=O)[O-])c2)n1. The zero-order chi connectivity index (χ0) is 13.1. The minimum Gasteiger partial charge on any atom is -0.358 e. The number of aromatic nitrogens is 4. The Labute approximate surface area is 102 Å². The number of aryl methyl sites for hydroxylation is 1. The fraction of sp³-hybridized carbons (Fsp3) is 0.222. The second-order valence-electron chi connectivity index (χ2n) is 3.62. The standard InChI is InChI=1S/C9H11N7O2/c1-6-2-7(14-10)13-8(12-6)3-15-4-9(11-5-15)16(17)18/h2,4-5H,3,10H2,1H3,(H,12,13,14). The van der Waals surface area contributed by atoms with Crippen molar-refractivity contribution >= 4 is 11.6 Å². The lowest BCUT2D eigenvalue weighted by Gasteiger charge is -2.04. The largest absolute Gasteiger partial charge is 0.381 e. The van der Waals surface area contributed by atoms with Gasteiger partial charge in [0.25, 0.3) is 0 Å². The summed E-state index contributed by atoms with van der Waals surface area (Å²) >= 11 is 0. The van der Waals surface area contributed by atoms with Crippen LogP contribution in [0.2, 0.25) is 0 Å². The van der Waals surface area contributed by atoms with E-state index in [1.807, 2.05) is 6.92 Å². The number of nitrogens with one attached hydrogen (secondary N) is 1. The molecule has 2 rings (SSSR count). The van der Waals surface area contributed by atoms with Gasteiger partial charge in [0.1, 0.15) is 12.0 Å². The number of hydrazine groups is 1. The molecule has 0 unspecified atom stereocenters. The van der Waals surface area contributed by atoms with Gasteiger partial charge in [-0.1, -0.05) is 0 Å². The molecule has 0 aliphatic rings. The number of rotatable bonds is 4. The average molecular weight is 249 g/mol. The van der Waals surface area contributed by atoms with E-state index in [0.29, 0.717) is 11.6 Å². The third-order valence-corrected chi connectivity index (χ3v) is 2.18. The van der Waals surface area contributed by atoms with Gasteiger partial charge in [0.05, 0.1) is 6.54 Å². The fourth-order valence-corrected chi connectivity index (χ4v) is 1.47. The first kappa shape index (κ1) is 11.9. The summed E-state index contributed by atoms with van der Waals surface area (Å²) in [5.74, 6) is 6.06. The highest BCUT2D eigenvalue weighted by Crippen LogP contribution is 2.09. The highest BCUT2D eigenvalue weighted by molar-refractivity contribution is 5.34. The van der Waals surface area contributed by atoms with Crippen LogP contribution in [0.1, 0.15) is 11.5 Å². The van der Waals surface area contributed by atoms with Crippen molar-refractivity contribution in [1.29, 1.82) is 0 Å². The molecule has 0 atom stereocenters. The summed E-state index contributed by atoms with van der Waals surface area (Å²) in [5.41, 5.74) is 3.19. The van der Waals surface area contributed by atoms with Gasteiger partial charge in [-0.3, -0.25) is 0 Å². The summed E-state index contributed by atoms with van der Waals surface area (Å²) < 4.78 is 1.53. The Morgan fingerprint density at radius 3 is 2.94 bits per heavy atom. The molecule has 0 aliphatic carbocycles. The van der Waals surface area contributed by atoms with Gasteiger partial charge < -0.3 is 20.1 Å². The molecule has 2 aromatic heterocycles. The topological polar surface area (TPSA) is 125 Å². The number of nitro groups is 1. The van der Waals surface area contributed by atoms with Gasteiger partial charge in [0, 0.05) is 11.8 Å². The summed E-state index contributed by atoms with van der Waals surface area (Å²) in [4.78, 5) is 21.9. The Balaban J connectivity index is 2.22. The van der Waals surface area contributed by atoms with Gasteiger partial charge in [-0.05, 0) is 16.8 Å². The molecule has 0 radical (unpaired) electrons. The maximum Gasteiger partial charge on any atom is 0.381 e. The number of nitrogens with zero attached hydrogens (tertiary/aromatic N) is 5. The van der Waals surface area contributed by atoms with Crippen molar-refractivity contribution in [2.45, 2.75) is 13.5 Å². The average Bonchev–Trinajstić information content (AvgIpc) is 2.76. The van der Waals surface area contributed by atoms with Gasteiger partial charge in [0.15, 0.2) is 5.82 Å². The number of nitrogen functional groups attached to an aromatic ring is 1. The number of hydrogen-bond acceptors (Lipinski definition) is 7. The van der Waals surface area contributed by atoms with E-state index in [1.165, 1.54) is 17.1 Å². The number of nitrogens with two attached hydrogens (primary N) is 1. The summed E-state index contributed by atoms with van der Waals surface area (Å²) in [6.45, 7) is 2.10. The summed E-state index contributed by atoms with van der Waals surface area (Å²) in [6.07, 6.45) is 2.68. The number of imidazole rings is 1. The molecule has 3 N–H and O–H groups in total. The Kier molecular flexibility index (Phi) is 3.15. The van der Waals surface area contributed by atoms with E-state index >= 15 is 0 Å². The normalized spacial score (nSPS) is 10.3. The second kappa shape index (κ2) is 4.75. The van der Waals surface area contributed by atoms with Gasteiger partial charge in [-0.2, -0.15) is 0 Å². The van der Waals surface area contributed by atoms with E-state index in [1.54, 1.807) is 6.07 Å². The fourth-order valence-electron chi connectivity index (χ4n) is 1.47. The molecule has 94 valence electrons. The van der Waals surface area contributed by atoms with Crippen molar-refractivity contribution in [3.8, 4) is 0 Å². The molecule has 0 amide bonds. The molecule has 9 nitrogen and oxygen atoms in total. The van der Waals surface area contributed by atoms with E-state index in [4.69, 9.17) is 5.84 Å². The Morgan fingerprint density at radius 1 is 1.56 bits per heavy atom. The van der Waals surface area contributed by atoms with E-state index < -0.39 is 4.92 Å². The van der Waals surface area contributed by atoms with Crippen LogP contribution in [0.5, 0.6) is 0 Å². The van der Waals surface area contributed by atoms with Crippen LogP contribution < -0.4 is 11.3 Å². The monoisotopic (exact) mass is 249 g/mol. The lowest BCUT2D eigenvalue weighted by molar-refractivity contribution is -0.389. The van der Waals surface area contributed by atoms with Gasteiger partial charge in [0.2, 0.25) is 6.33 Å². The van der Waals surface area contributed by atoms with E-state index in [2.05, 4.69) is 20.4 Å². The lowest BCUT2D eigenvalue weighted by Crippen LogP contribution is -2.12. The highest BCUT2D eigenvalue weighted by Gasteiger charge is 2.11. The third-order valence-electron chi connectivity index (χ3n) is 2.18. The second-order valence-corrected chi connectivity index (χ2v) is 3.62. The zero-order valence-electron chi connectivity index (χ0n) is 9.57. The van der Waals surface area contributed by atoms with Crippen LogP contribution in [0.3, 0.4) is 0 Å². The molecule has 0 fully saturated rings. The quantitative estimate of drug-likeness (QED) is 0.451. The predicted molar refractivity (Wildman–Crippen MR) is 62.6 cm³/mol. The lowest BCUT2D eigenvalue weighted by atomic mass is 10.4. The maximum atomic E-state index is 10.5. The predicted octanol–water partition coefficient (Wildman–Crippen LogP) is 0.224. The van der Waals surface area contributed by atoms with Gasteiger partial charge in [-0.25, -0.2) is 15.8 Å². The highest BCUT2D eigenvalue weighted by atomic mass is 16.6. The molecule has 0 aliphatic heterocycles. The Hall–Kier alpha value is -2.55. The van der Waals surface area contributed by atoms with E-state index in [0.717, 1.165) is 5.69 Å². The zero-order valence-corrected chi connectivity index (χ0v) is 9.57. The summed E-state index contributed by atoms with van der Waals surface area (Å²) in [7, 11) is 0.